The van der Waals surface area contributed by atoms with Crippen LogP contribution in [0.1, 0.15) is 23.0 Å². The van der Waals surface area contributed by atoms with Crippen molar-refractivity contribution in [3.63, 3.8) is 0 Å². The lowest BCUT2D eigenvalue weighted by molar-refractivity contribution is 0.0524. The summed E-state index contributed by atoms with van der Waals surface area (Å²) in [5, 5.41) is 1.40. The zero-order valence-electron chi connectivity index (χ0n) is 9.96. The number of hydrogen-bond acceptors (Lipinski definition) is 3. The van der Waals surface area contributed by atoms with Gasteiger partial charge in [0.15, 0.2) is 0 Å². The van der Waals surface area contributed by atoms with Crippen LogP contribution in [-0.4, -0.2) is 17.6 Å². The van der Waals surface area contributed by atoms with Gasteiger partial charge in [-0.15, -0.1) is 0 Å². The Labute approximate surface area is 118 Å². The number of halogens is 2. The van der Waals surface area contributed by atoms with Gasteiger partial charge in [0.25, 0.3) is 0 Å². The summed E-state index contributed by atoms with van der Waals surface area (Å²) >= 11 is 9.40. The SMILES string of the molecule is CCOC(=O)c1c(C)nc2ccc(Cl)cc2c1Br. The lowest BCUT2D eigenvalue weighted by Gasteiger charge is -2.10. The van der Waals surface area contributed by atoms with Crippen LogP contribution in [0, 0.1) is 6.92 Å². The average Bonchev–Trinajstić information content (AvgIpc) is 2.31. The average molecular weight is 329 g/mol. The van der Waals surface area contributed by atoms with Gasteiger partial charge in [-0.2, -0.15) is 0 Å². The van der Waals surface area contributed by atoms with E-state index in [0.717, 1.165) is 10.9 Å². The van der Waals surface area contributed by atoms with Crippen LogP contribution in [0.4, 0.5) is 0 Å². The minimum atomic E-state index is -0.378. The van der Waals surface area contributed by atoms with E-state index in [2.05, 4.69) is 20.9 Å². The molecule has 0 aliphatic carbocycles. The van der Waals surface area contributed by atoms with Gasteiger partial charge < -0.3 is 4.74 Å². The fourth-order valence-electron chi connectivity index (χ4n) is 1.75. The Balaban J connectivity index is 2.70. The lowest BCUT2D eigenvalue weighted by Crippen LogP contribution is -2.09. The predicted molar refractivity (Wildman–Crippen MR) is 75.1 cm³/mol. The van der Waals surface area contributed by atoms with Crippen molar-refractivity contribution < 1.29 is 9.53 Å². The molecule has 18 heavy (non-hydrogen) atoms. The molecule has 0 fully saturated rings. The van der Waals surface area contributed by atoms with E-state index in [1.54, 1.807) is 26.0 Å². The second kappa shape index (κ2) is 5.24. The Morgan fingerprint density at radius 1 is 1.50 bits per heavy atom. The number of ether oxygens (including phenoxy) is 1. The predicted octanol–water partition coefficient (Wildman–Crippen LogP) is 4.14. The molecule has 0 amide bonds. The number of aryl methyl sites for hydroxylation is 1. The molecule has 0 aliphatic heterocycles. The second-order valence-electron chi connectivity index (χ2n) is 3.77. The van der Waals surface area contributed by atoms with Gasteiger partial charge in [0, 0.05) is 14.9 Å². The fraction of sp³-hybridized carbons (Fsp3) is 0.231. The van der Waals surface area contributed by atoms with E-state index in [1.807, 2.05) is 6.07 Å². The number of rotatable bonds is 2. The zero-order valence-corrected chi connectivity index (χ0v) is 12.3. The maximum atomic E-state index is 11.9. The molecule has 94 valence electrons. The third-order valence-corrected chi connectivity index (χ3v) is 3.60. The van der Waals surface area contributed by atoms with Gasteiger partial charge in [-0.05, 0) is 48.0 Å². The number of nitrogens with zero attached hydrogens (tertiary/aromatic N) is 1. The molecule has 0 aliphatic rings. The lowest BCUT2D eigenvalue weighted by atomic mass is 10.1. The van der Waals surface area contributed by atoms with Crippen LogP contribution in [-0.2, 0) is 4.74 Å². The molecule has 2 aromatic rings. The third-order valence-electron chi connectivity index (χ3n) is 2.54. The van der Waals surface area contributed by atoms with Crippen LogP contribution in [0.3, 0.4) is 0 Å². The molecule has 0 radical (unpaired) electrons. The smallest absolute Gasteiger partial charge is 0.341 e. The van der Waals surface area contributed by atoms with Gasteiger partial charge in [-0.25, -0.2) is 4.79 Å². The van der Waals surface area contributed by atoms with Gasteiger partial charge in [0.05, 0.1) is 23.4 Å². The topological polar surface area (TPSA) is 39.2 Å². The van der Waals surface area contributed by atoms with Crippen LogP contribution >= 0.6 is 27.5 Å². The van der Waals surface area contributed by atoms with E-state index in [1.165, 1.54) is 0 Å². The summed E-state index contributed by atoms with van der Waals surface area (Å²) in [6, 6.07) is 5.37. The number of hydrogen-bond donors (Lipinski definition) is 0. The van der Waals surface area contributed by atoms with Crippen molar-refractivity contribution in [2.75, 3.05) is 6.61 Å². The Bertz CT molecular complexity index is 628. The maximum Gasteiger partial charge on any atom is 0.341 e. The molecule has 0 bridgehead atoms. The number of aromatic nitrogens is 1. The van der Waals surface area contributed by atoms with Crippen molar-refractivity contribution in [1.82, 2.24) is 4.98 Å². The summed E-state index contributed by atoms with van der Waals surface area (Å²) in [6.45, 7) is 3.88. The quantitative estimate of drug-likeness (QED) is 0.778. The van der Waals surface area contributed by atoms with Crippen LogP contribution < -0.4 is 0 Å². The highest BCUT2D eigenvalue weighted by molar-refractivity contribution is 9.10. The first-order chi connectivity index (χ1) is 8.54. The van der Waals surface area contributed by atoms with Gasteiger partial charge in [-0.3, -0.25) is 4.98 Å². The minimum absolute atomic E-state index is 0.332. The van der Waals surface area contributed by atoms with E-state index >= 15 is 0 Å². The first-order valence-corrected chi connectivity index (χ1v) is 6.64. The van der Waals surface area contributed by atoms with Crippen LogP contribution in [0.15, 0.2) is 22.7 Å². The van der Waals surface area contributed by atoms with Crippen LogP contribution in [0.25, 0.3) is 10.9 Å². The summed E-state index contributed by atoms with van der Waals surface area (Å²) in [7, 11) is 0. The molecule has 0 saturated heterocycles. The first-order valence-electron chi connectivity index (χ1n) is 5.47. The third kappa shape index (κ3) is 2.35. The normalized spacial score (nSPS) is 10.7. The molecule has 5 heteroatoms. The molecule has 1 aromatic heterocycles. The summed E-state index contributed by atoms with van der Waals surface area (Å²) in [4.78, 5) is 16.3. The molecule has 0 spiro atoms. The van der Waals surface area contributed by atoms with Crippen molar-refractivity contribution in [3.8, 4) is 0 Å². The van der Waals surface area contributed by atoms with Gasteiger partial charge in [0.1, 0.15) is 0 Å². The molecule has 1 heterocycles. The monoisotopic (exact) mass is 327 g/mol. The van der Waals surface area contributed by atoms with Gasteiger partial charge >= 0.3 is 5.97 Å². The molecular weight excluding hydrogens is 318 g/mol. The molecule has 2 rings (SSSR count). The number of benzene rings is 1. The molecule has 0 saturated carbocycles. The summed E-state index contributed by atoms with van der Waals surface area (Å²) in [6.07, 6.45) is 0. The zero-order chi connectivity index (χ0) is 13.3. The highest BCUT2D eigenvalue weighted by Crippen LogP contribution is 2.30. The van der Waals surface area contributed by atoms with E-state index in [-0.39, 0.29) is 5.97 Å². The Morgan fingerprint density at radius 3 is 2.89 bits per heavy atom. The fourth-order valence-corrected chi connectivity index (χ4v) is 2.69. The summed E-state index contributed by atoms with van der Waals surface area (Å²) < 4.78 is 5.70. The Morgan fingerprint density at radius 2 is 2.22 bits per heavy atom. The first kappa shape index (κ1) is 13.3. The van der Waals surface area contributed by atoms with Crippen LogP contribution in [0.2, 0.25) is 5.02 Å². The number of carbonyl (C=O) groups is 1. The van der Waals surface area contributed by atoms with E-state index in [0.29, 0.717) is 27.4 Å². The van der Waals surface area contributed by atoms with E-state index < -0.39 is 0 Å². The Kier molecular flexibility index (Phi) is 3.88. The number of esters is 1. The minimum Gasteiger partial charge on any atom is -0.462 e. The highest BCUT2D eigenvalue weighted by Gasteiger charge is 2.18. The van der Waals surface area contributed by atoms with E-state index in [9.17, 15) is 4.79 Å². The van der Waals surface area contributed by atoms with Gasteiger partial charge in [0.2, 0.25) is 0 Å². The number of carbonyl (C=O) groups excluding carboxylic acids is 1. The molecule has 0 N–H and O–H groups in total. The van der Waals surface area contributed by atoms with Crippen LogP contribution in [0.5, 0.6) is 0 Å². The summed E-state index contributed by atoms with van der Waals surface area (Å²) in [5.74, 6) is -0.378. The van der Waals surface area contributed by atoms with Crippen molar-refractivity contribution in [1.29, 1.82) is 0 Å². The highest BCUT2D eigenvalue weighted by atomic mass is 79.9. The molecular formula is C13H11BrClNO2. The largest absolute Gasteiger partial charge is 0.462 e. The molecule has 3 nitrogen and oxygen atoms in total. The van der Waals surface area contributed by atoms with Gasteiger partial charge in [-0.1, -0.05) is 11.6 Å². The molecule has 1 aromatic carbocycles. The van der Waals surface area contributed by atoms with Crippen molar-refractivity contribution in [3.05, 3.63) is 39.0 Å². The second-order valence-corrected chi connectivity index (χ2v) is 5.00. The van der Waals surface area contributed by atoms with Crippen molar-refractivity contribution in [2.45, 2.75) is 13.8 Å². The molecule has 0 unspecified atom stereocenters. The molecule has 0 atom stereocenters. The van der Waals surface area contributed by atoms with Crippen molar-refractivity contribution in [2.24, 2.45) is 0 Å². The van der Waals surface area contributed by atoms with E-state index in [4.69, 9.17) is 16.3 Å². The Hall–Kier alpha value is -1.13. The standard InChI is InChI=1S/C13H11BrClNO2/c1-3-18-13(17)11-7(2)16-10-5-4-8(15)6-9(10)12(11)14/h4-6H,3H2,1-2H3. The maximum absolute atomic E-state index is 11.9. The van der Waals surface area contributed by atoms with Crippen molar-refractivity contribution >= 4 is 44.4 Å². The number of pyridine rings is 1. The summed E-state index contributed by atoms with van der Waals surface area (Å²) in [5.41, 5.74) is 1.87. The number of fused-ring (bicyclic) bond motifs is 1.